The van der Waals surface area contributed by atoms with Crippen LogP contribution in [0.25, 0.3) is 0 Å². The number of hydrogen-bond donors (Lipinski definition) is 1. The van der Waals surface area contributed by atoms with Crippen LogP contribution in [0.2, 0.25) is 0 Å². The minimum Gasteiger partial charge on any atom is -0.496 e. The number of rotatable bonds is 6. The van der Waals surface area contributed by atoms with Crippen molar-refractivity contribution < 1.29 is 19.1 Å². The Balaban J connectivity index is 1.55. The summed E-state index contributed by atoms with van der Waals surface area (Å²) >= 11 is 1.49. The monoisotopic (exact) mass is 387 g/mol. The van der Waals surface area contributed by atoms with Gasteiger partial charge < -0.3 is 14.8 Å². The van der Waals surface area contributed by atoms with E-state index >= 15 is 0 Å². The van der Waals surface area contributed by atoms with E-state index in [1.165, 1.54) is 21.8 Å². The summed E-state index contributed by atoms with van der Waals surface area (Å²) in [5.74, 6) is 0.600. The number of carbonyl (C=O) groups excluding carboxylic acids is 2. The van der Waals surface area contributed by atoms with Crippen LogP contribution in [0.4, 0.5) is 0 Å². The highest BCUT2D eigenvalue weighted by Gasteiger charge is 2.24. The normalized spacial score (nSPS) is 16.9. The SMILES string of the molecule is COc1ccccc1CNC(=O)[C@H](C)OC(=O)c1cc2c(s1)CC[C@@H](C)C2. The quantitative estimate of drug-likeness (QED) is 0.767. The number of fused-ring (bicyclic) bond motifs is 1. The van der Waals surface area contributed by atoms with Crippen molar-refractivity contribution >= 4 is 23.2 Å². The molecule has 1 aromatic heterocycles. The Morgan fingerprint density at radius 2 is 2.11 bits per heavy atom. The first kappa shape index (κ1) is 19.4. The number of aryl methyl sites for hydroxylation is 1. The lowest BCUT2D eigenvalue weighted by Gasteiger charge is -2.16. The first-order valence-corrected chi connectivity index (χ1v) is 10.0. The van der Waals surface area contributed by atoms with E-state index in [9.17, 15) is 9.59 Å². The molecular formula is C21H25NO4S. The number of para-hydroxylation sites is 1. The van der Waals surface area contributed by atoms with Gasteiger partial charge in [-0.2, -0.15) is 0 Å². The number of ether oxygens (including phenoxy) is 2. The molecule has 5 nitrogen and oxygen atoms in total. The van der Waals surface area contributed by atoms with Gasteiger partial charge in [0.2, 0.25) is 0 Å². The molecule has 0 radical (unpaired) electrons. The fourth-order valence-corrected chi connectivity index (χ4v) is 4.34. The summed E-state index contributed by atoms with van der Waals surface area (Å²) in [5, 5.41) is 2.79. The van der Waals surface area contributed by atoms with E-state index in [0.29, 0.717) is 23.1 Å². The average Bonchev–Trinajstić information content (AvgIpc) is 3.09. The van der Waals surface area contributed by atoms with Crippen molar-refractivity contribution in [2.24, 2.45) is 5.92 Å². The van der Waals surface area contributed by atoms with E-state index in [-0.39, 0.29) is 5.91 Å². The molecule has 0 aliphatic heterocycles. The number of benzene rings is 1. The summed E-state index contributed by atoms with van der Waals surface area (Å²) in [6.45, 7) is 4.13. The summed E-state index contributed by atoms with van der Waals surface area (Å²) in [7, 11) is 1.59. The molecule has 0 unspecified atom stereocenters. The first-order chi connectivity index (χ1) is 13.0. The van der Waals surface area contributed by atoms with Crippen LogP contribution in [0.15, 0.2) is 30.3 Å². The molecule has 1 N–H and O–H groups in total. The molecule has 6 heteroatoms. The van der Waals surface area contributed by atoms with E-state index in [2.05, 4.69) is 12.2 Å². The number of amides is 1. The third-order valence-electron chi connectivity index (χ3n) is 4.83. The van der Waals surface area contributed by atoms with Crippen LogP contribution in [0.5, 0.6) is 5.75 Å². The zero-order valence-electron chi connectivity index (χ0n) is 15.9. The van der Waals surface area contributed by atoms with Gasteiger partial charge in [-0.05, 0) is 49.8 Å². The Kier molecular flexibility index (Phi) is 6.16. The number of methoxy groups -OCH3 is 1. The molecule has 144 valence electrons. The molecule has 0 saturated carbocycles. The summed E-state index contributed by atoms with van der Waals surface area (Å²) in [5.41, 5.74) is 2.12. The molecule has 2 atom stereocenters. The van der Waals surface area contributed by atoms with Crippen LogP contribution in [0.3, 0.4) is 0 Å². The fraction of sp³-hybridized carbons (Fsp3) is 0.429. The first-order valence-electron chi connectivity index (χ1n) is 9.20. The minimum absolute atomic E-state index is 0.315. The fourth-order valence-electron chi connectivity index (χ4n) is 3.25. The second-order valence-electron chi connectivity index (χ2n) is 6.98. The number of esters is 1. The zero-order valence-corrected chi connectivity index (χ0v) is 16.7. The zero-order chi connectivity index (χ0) is 19.4. The summed E-state index contributed by atoms with van der Waals surface area (Å²) in [6, 6.07) is 9.40. The van der Waals surface area contributed by atoms with Gasteiger partial charge in [0.25, 0.3) is 5.91 Å². The van der Waals surface area contributed by atoms with Crippen LogP contribution >= 0.6 is 11.3 Å². The molecule has 1 aliphatic rings. The van der Waals surface area contributed by atoms with E-state index in [1.807, 2.05) is 30.3 Å². The van der Waals surface area contributed by atoms with Crippen molar-refractivity contribution in [2.75, 3.05) is 7.11 Å². The Labute approximate surface area is 163 Å². The maximum atomic E-state index is 12.4. The van der Waals surface area contributed by atoms with Crippen LogP contribution in [-0.4, -0.2) is 25.1 Å². The third kappa shape index (κ3) is 4.69. The van der Waals surface area contributed by atoms with Gasteiger partial charge in [0.15, 0.2) is 6.10 Å². The van der Waals surface area contributed by atoms with Gasteiger partial charge in [-0.3, -0.25) is 4.79 Å². The van der Waals surface area contributed by atoms with Crippen molar-refractivity contribution in [2.45, 2.75) is 45.8 Å². The van der Waals surface area contributed by atoms with Gasteiger partial charge in [0.1, 0.15) is 10.6 Å². The molecule has 1 aliphatic carbocycles. The molecule has 3 rings (SSSR count). The Hall–Kier alpha value is -2.34. The van der Waals surface area contributed by atoms with Gasteiger partial charge in [-0.15, -0.1) is 11.3 Å². The van der Waals surface area contributed by atoms with E-state index in [0.717, 1.165) is 24.8 Å². The van der Waals surface area contributed by atoms with Gasteiger partial charge in [0, 0.05) is 17.0 Å². The lowest BCUT2D eigenvalue weighted by atomic mass is 9.90. The molecule has 0 fully saturated rings. The van der Waals surface area contributed by atoms with Crippen LogP contribution in [-0.2, 0) is 28.9 Å². The highest BCUT2D eigenvalue weighted by molar-refractivity contribution is 7.14. The highest BCUT2D eigenvalue weighted by atomic mass is 32.1. The predicted octanol–water partition coefficient (Wildman–Crippen LogP) is 3.74. The summed E-state index contributed by atoms with van der Waals surface area (Å²) in [6.07, 6.45) is 2.33. The molecule has 27 heavy (non-hydrogen) atoms. The van der Waals surface area contributed by atoms with E-state index in [1.54, 1.807) is 14.0 Å². The van der Waals surface area contributed by atoms with Gasteiger partial charge >= 0.3 is 5.97 Å². The van der Waals surface area contributed by atoms with Gasteiger partial charge in [-0.1, -0.05) is 25.1 Å². The second-order valence-corrected chi connectivity index (χ2v) is 8.12. The van der Waals surface area contributed by atoms with Crippen molar-refractivity contribution in [3.63, 3.8) is 0 Å². The number of thiophene rings is 1. The molecule has 0 spiro atoms. The molecule has 1 aromatic carbocycles. The van der Waals surface area contributed by atoms with Crippen LogP contribution < -0.4 is 10.1 Å². The molecule has 1 heterocycles. The van der Waals surface area contributed by atoms with Crippen molar-refractivity contribution in [1.82, 2.24) is 5.32 Å². The maximum absolute atomic E-state index is 12.4. The third-order valence-corrected chi connectivity index (χ3v) is 6.05. The van der Waals surface area contributed by atoms with Crippen molar-refractivity contribution in [3.8, 4) is 5.75 Å². The Bertz CT molecular complexity index is 829. The predicted molar refractivity (Wildman–Crippen MR) is 105 cm³/mol. The molecule has 0 bridgehead atoms. The van der Waals surface area contributed by atoms with Crippen LogP contribution in [0.1, 0.15) is 45.9 Å². The van der Waals surface area contributed by atoms with Crippen molar-refractivity contribution in [1.29, 1.82) is 0 Å². The molecule has 2 aromatic rings. The van der Waals surface area contributed by atoms with E-state index < -0.39 is 12.1 Å². The Morgan fingerprint density at radius 3 is 2.89 bits per heavy atom. The standard InChI is InChI=1S/C21H25NO4S/c1-13-8-9-18-16(10-13)11-19(27-18)21(24)26-14(2)20(23)22-12-15-6-4-5-7-17(15)25-3/h4-7,11,13-14H,8-10,12H2,1-3H3,(H,22,23)/t13-,14+/m1/s1. The number of nitrogens with one attached hydrogen (secondary N) is 1. The highest BCUT2D eigenvalue weighted by Crippen LogP contribution is 2.32. The largest absolute Gasteiger partial charge is 0.496 e. The Morgan fingerprint density at radius 1 is 1.33 bits per heavy atom. The topological polar surface area (TPSA) is 64.6 Å². The summed E-state index contributed by atoms with van der Waals surface area (Å²) in [4.78, 5) is 26.6. The van der Waals surface area contributed by atoms with Crippen molar-refractivity contribution in [3.05, 3.63) is 51.2 Å². The lowest BCUT2D eigenvalue weighted by molar-refractivity contribution is -0.129. The van der Waals surface area contributed by atoms with Crippen LogP contribution in [0, 0.1) is 5.92 Å². The number of hydrogen-bond acceptors (Lipinski definition) is 5. The smallest absolute Gasteiger partial charge is 0.349 e. The minimum atomic E-state index is -0.856. The second kappa shape index (κ2) is 8.57. The average molecular weight is 388 g/mol. The number of carbonyl (C=O) groups is 2. The maximum Gasteiger partial charge on any atom is 0.349 e. The summed E-state index contributed by atoms with van der Waals surface area (Å²) < 4.78 is 10.6. The van der Waals surface area contributed by atoms with E-state index in [4.69, 9.17) is 9.47 Å². The van der Waals surface area contributed by atoms with Gasteiger partial charge in [0.05, 0.1) is 7.11 Å². The van der Waals surface area contributed by atoms with Gasteiger partial charge in [-0.25, -0.2) is 4.79 Å². The molecular weight excluding hydrogens is 362 g/mol. The lowest BCUT2D eigenvalue weighted by Crippen LogP contribution is -2.35. The molecule has 0 saturated heterocycles. The molecule has 1 amide bonds.